The topological polar surface area (TPSA) is 49.3 Å². The fourth-order valence-electron chi connectivity index (χ4n) is 3.11. The summed E-state index contributed by atoms with van der Waals surface area (Å²) in [4.78, 5) is 10.6. The maximum atomic E-state index is 4.74. The second-order valence-corrected chi connectivity index (χ2v) is 8.00. The first kappa shape index (κ1) is 17.9. The lowest BCUT2D eigenvalue weighted by molar-refractivity contribution is 0.790. The third kappa shape index (κ3) is 4.60. The Balaban J connectivity index is 1.55. The van der Waals surface area contributed by atoms with Crippen LogP contribution in [0.25, 0.3) is 0 Å². The van der Waals surface area contributed by atoms with E-state index in [2.05, 4.69) is 67.6 Å². The van der Waals surface area contributed by atoms with E-state index in [-0.39, 0.29) is 0 Å². The standard InChI is InChI=1S/C20H28N4S/c1-5-21-20(22-11-10-19-23-14(3)15(4)25-19)24-18-12-17(18)16-9-7-6-8-13(16)2/h6-9,17-18H,5,10-12H2,1-4H3,(H2,21,22,24). The van der Waals surface area contributed by atoms with Crippen molar-refractivity contribution in [3.63, 3.8) is 0 Å². The van der Waals surface area contributed by atoms with Crippen LogP contribution in [0.3, 0.4) is 0 Å². The molecule has 1 aromatic carbocycles. The van der Waals surface area contributed by atoms with Crippen molar-refractivity contribution in [3.8, 4) is 0 Å². The molecule has 134 valence electrons. The summed E-state index contributed by atoms with van der Waals surface area (Å²) in [5, 5.41) is 8.14. The minimum absolute atomic E-state index is 0.489. The van der Waals surface area contributed by atoms with E-state index >= 15 is 0 Å². The molecule has 3 rings (SSSR count). The smallest absolute Gasteiger partial charge is 0.191 e. The predicted octanol–water partition coefficient (Wildman–Crippen LogP) is 3.72. The summed E-state index contributed by atoms with van der Waals surface area (Å²) in [5.74, 6) is 1.53. The summed E-state index contributed by atoms with van der Waals surface area (Å²) >= 11 is 1.78. The van der Waals surface area contributed by atoms with Crippen molar-refractivity contribution in [2.24, 2.45) is 4.99 Å². The van der Waals surface area contributed by atoms with Gasteiger partial charge in [-0.3, -0.25) is 4.99 Å². The fraction of sp³-hybridized carbons (Fsp3) is 0.500. The van der Waals surface area contributed by atoms with Gasteiger partial charge in [0, 0.05) is 36.3 Å². The number of guanidine groups is 1. The molecule has 0 aliphatic heterocycles. The second kappa shape index (κ2) is 8.00. The average Bonchev–Trinajstić information content (AvgIpc) is 3.26. The van der Waals surface area contributed by atoms with Gasteiger partial charge in [-0.05, 0) is 45.2 Å². The van der Waals surface area contributed by atoms with E-state index in [1.165, 1.54) is 27.4 Å². The van der Waals surface area contributed by atoms with Gasteiger partial charge in [0.15, 0.2) is 5.96 Å². The van der Waals surface area contributed by atoms with Crippen LogP contribution in [0.4, 0.5) is 0 Å². The molecule has 0 saturated heterocycles. The Morgan fingerprint density at radius 3 is 2.76 bits per heavy atom. The molecule has 1 heterocycles. The number of nitrogens with one attached hydrogen (secondary N) is 2. The van der Waals surface area contributed by atoms with Crippen LogP contribution in [0.15, 0.2) is 29.3 Å². The molecule has 1 aliphatic carbocycles. The maximum absolute atomic E-state index is 4.74. The summed E-state index contributed by atoms with van der Waals surface area (Å²) in [6.07, 6.45) is 2.09. The van der Waals surface area contributed by atoms with E-state index < -0.39 is 0 Å². The number of rotatable bonds is 6. The molecule has 1 saturated carbocycles. The normalized spacial score (nSPS) is 19.8. The molecule has 1 aromatic heterocycles. The molecule has 0 radical (unpaired) electrons. The monoisotopic (exact) mass is 356 g/mol. The first-order valence-corrected chi connectivity index (χ1v) is 9.93. The first-order valence-electron chi connectivity index (χ1n) is 9.11. The molecular formula is C20H28N4S. The molecule has 0 spiro atoms. The molecule has 25 heavy (non-hydrogen) atoms. The van der Waals surface area contributed by atoms with Crippen molar-refractivity contribution < 1.29 is 0 Å². The molecule has 2 N–H and O–H groups in total. The highest BCUT2D eigenvalue weighted by Gasteiger charge is 2.39. The fourth-order valence-corrected chi connectivity index (χ4v) is 4.03. The highest BCUT2D eigenvalue weighted by atomic mass is 32.1. The van der Waals surface area contributed by atoms with Crippen molar-refractivity contribution in [3.05, 3.63) is 51.0 Å². The minimum Gasteiger partial charge on any atom is -0.357 e. The summed E-state index contributed by atoms with van der Waals surface area (Å²) in [5.41, 5.74) is 3.99. The van der Waals surface area contributed by atoms with E-state index in [4.69, 9.17) is 4.99 Å². The Labute approximate surface area is 154 Å². The van der Waals surface area contributed by atoms with Crippen molar-refractivity contribution in [1.82, 2.24) is 15.6 Å². The van der Waals surface area contributed by atoms with Crippen LogP contribution >= 0.6 is 11.3 Å². The van der Waals surface area contributed by atoms with Gasteiger partial charge >= 0.3 is 0 Å². The van der Waals surface area contributed by atoms with Gasteiger partial charge in [-0.25, -0.2) is 4.98 Å². The van der Waals surface area contributed by atoms with Crippen molar-refractivity contribution in [2.75, 3.05) is 13.1 Å². The van der Waals surface area contributed by atoms with Crippen LogP contribution in [-0.2, 0) is 6.42 Å². The van der Waals surface area contributed by atoms with Crippen molar-refractivity contribution >= 4 is 17.3 Å². The molecule has 2 unspecified atom stereocenters. The van der Waals surface area contributed by atoms with Crippen molar-refractivity contribution in [1.29, 1.82) is 0 Å². The van der Waals surface area contributed by atoms with E-state index in [1.807, 2.05) is 0 Å². The van der Waals surface area contributed by atoms with Gasteiger partial charge in [0.05, 0.1) is 10.7 Å². The summed E-state index contributed by atoms with van der Waals surface area (Å²) in [6, 6.07) is 9.18. The number of hydrogen-bond donors (Lipinski definition) is 2. The minimum atomic E-state index is 0.489. The van der Waals surface area contributed by atoms with E-state index in [0.29, 0.717) is 12.0 Å². The second-order valence-electron chi connectivity index (χ2n) is 6.71. The van der Waals surface area contributed by atoms with Gasteiger partial charge in [-0.15, -0.1) is 11.3 Å². The van der Waals surface area contributed by atoms with E-state index in [9.17, 15) is 0 Å². The molecule has 1 aliphatic rings. The van der Waals surface area contributed by atoms with Gasteiger partial charge in [0.1, 0.15) is 0 Å². The zero-order valence-corrected chi connectivity index (χ0v) is 16.4. The average molecular weight is 357 g/mol. The lowest BCUT2D eigenvalue weighted by Crippen LogP contribution is -2.39. The lowest BCUT2D eigenvalue weighted by Gasteiger charge is -2.11. The molecule has 0 bridgehead atoms. The predicted molar refractivity (Wildman–Crippen MR) is 107 cm³/mol. The largest absolute Gasteiger partial charge is 0.357 e. The Kier molecular flexibility index (Phi) is 5.74. The highest BCUT2D eigenvalue weighted by Crippen LogP contribution is 2.42. The zero-order valence-electron chi connectivity index (χ0n) is 15.6. The first-order chi connectivity index (χ1) is 12.1. The van der Waals surface area contributed by atoms with Crippen LogP contribution in [0.5, 0.6) is 0 Å². The van der Waals surface area contributed by atoms with Gasteiger partial charge in [-0.1, -0.05) is 24.3 Å². The number of hydrogen-bond acceptors (Lipinski definition) is 3. The maximum Gasteiger partial charge on any atom is 0.191 e. The SMILES string of the molecule is CCNC(=NCCc1nc(C)c(C)s1)NC1CC1c1ccccc1C. The van der Waals surface area contributed by atoms with Crippen molar-refractivity contribution in [2.45, 2.75) is 52.5 Å². The molecule has 5 heteroatoms. The molecule has 0 amide bonds. The van der Waals surface area contributed by atoms with Gasteiger partial charge < -0.3 is 10.6 Å². The van der Waals surface area contributed by atoms with Gasteiger partial charge in [0.2, 0.25) is 0 Å². The van der Waals surface area contributed by atoms with Crippen LogP contribution in [-0.4, -0.2) is 30.1 Å². The molecule has 2 aromatic rings. The number of benzene rings is 1. The van der Waals surface area contributed by atoms with Gasteiger partial charge in [0.25, 0.3) is 0 Å². The lowest BCUT2D eigenvalue weighted by atomic mass is 10.0. The Morgan fingerprint density at radius 1 is 1.28 bits per heavy atom. The van der Waals surface area contributed by atoms with E-state index in [1.54, 1.807) is 11.3 Å². The summed E-state index contributed by atoms with van der Waals surface area (Å²) in [7, 11) is 0. The molecular weight excluding hydrogens is 328 g/mol. The third-order valence-electron chi connectivity index (χ3n) is 4.71. The van der Waals surface area contributed by atoms with Gasteiger partial charge in [-0.2, -0.15) is 0 Å². The number of aromatic nitrogens is 1. The summed E-state index contributed by atoms with van der Waals surface area (Å²) < 4.78 is 0. The zero-order chi connectivity index (χ0) is 17.8. The highest BCUT2D eigenvalue weighted by molar-refractivity contribution is 7.11. The Hall–Kier alpha value is -1.88. The molecule has 4 nitrogen and oxygen atoms in total. The van der Waals surface area contributed by atoms with Crippen LogP contribution in [0.1, 0.15) is 46.0 Å². The van der Waals surface area contributed by atoms with Crippen LogP contribution in [0.2, 0.25) is 0 Å². The number of aliphatic imine (C=N–C) groups is 1. The number of nitrogens with zero attached hydrogens (tertiary/aromatic N) is 2. The van der Waals surface area contributed by atoms with Crippen LogP contribution in [0, 0.1) is 20.8 Å². The Bertz CT molecular complexity index is 730. The van der Waals surface area contributed by atoms with Crippen LogP contribution < -0.4 is 10.6 Å². The third-order valence-corrected chi connectivity index (χ3v) is 5.85. The number of thiazole rings is 1. The molecule has 1 fully saturated rings. The van der Waals surface area contributed by atoms with E-state index in [0.717, 1.165) is 31.2 Å². The Morgan fingerprint density at radius 2 is 2.08 bits per heavy atom. The quantitative estimate of drug-likeness (QED) is 0.612. The number of aryl methyl sites for hydroxylation is 3. The molecule has 2 atom stereocenters. The summed E-state index contributed by atoms with van der Waals surface area (Å²) in [6.45, 7) is 10.2.